The summed E-state index contributed by atoms with van der Waals surface area (Å²) in [5.74, 6) is 0.933. The molecule has 4 nitrogen and oxygen atoms in total. The van der Waals surface area contributed by atoms with E-state index in [4.69, 9.17) is 16.6 Å². The molecule has 0 fully saturated rings. The molecule has 0 N–H and O–H groups in total. The summed E-state index contributed by atoms with van der Waals surface area (Å²) >= 11 is 7.58. The summed E-state index contributed by atoms with van der Waals surface area (Å²) in [6.07, 6.45) is 4.95. The van der Waals surface area contributed by atoms with Crippen LogP contribution in [0.5, 0.6) is 0 Å². The zero-order chi connectivity index (χ0) is 19.0. The first-order valence-corrected chi connectivity index (χ1v) is 10.4. The predicted molar refractivity (Wildman–Crippen MR) is 111 cm³/mol. The third kappa shape index (κ3) is 4.21. The van der Waals surface area contributed by atoms with E-state index < -0.39 is 0 Å². The van der Waals surface area contributed by atoms with Crippen molar-refractivity contribution in [2.24, 2.45) is 0 Å². The second kappa shape index (κ2) is 7.30. The van der Waals surface area contributed by atoms with E-state index in [1.165, 1.54) is 16.8 Å². The highest BCUT2D eigenvalue weighted by atomic mass is 35.5. The van der Waals surface area contributed by atoms with Crippen molar-refractivity contribution >= 4 is 22.9 Å². The molecule has 3 aromatic rings. The molecular weight excluding hydrogens is 376 g/mol. The van der Waals surface area contributed by atoms with Gasteiger partial charge in [0.1, 0.15) is 5.82 Å². The zero-order valence-electron chi connectivity index (χ0n) is 15.9. The molecule has 27 heavy (non-hydrogen) atoms. The summed E-state index contributed by atoms with van der Waals surface area (Å²) in [5.41, 5.74) is 4.63. The van der Waals surface area contributed by atoms with Crippen LogP contribution in [-0.2, 0) is 24.9 Å². The van der Waals surface area contributed by atoms with Gasteiger partial charge in [-0.1, -0.05) is 38.4 Å². The first-order chi connectivity index (χ1) is 12.9. The van der Waals surface area contributed by atoms with E-state index in [1.54, 1.807) is 11.3 Å². The van der Waals surface area contributed by atoms with Crippen LogP contribution in [0.25, 0.3) is 10.6 Å². The van der Waals surface area contributed by atoms with Crippen LogP contribution in [-0.4, -0.2) is 26.4 Å². The van der Waals surface area contributed by atoms with E-state index in [0.29, 0.717) is 0 Å². The van der Waals surface area contributed by atoms with E-state index in [2.05, 4.69) is 47.8 Å². The van der Waals surface area contributed by atoms with Crippen LogP contribution >= 0.6 is 22.9 Å². The molecule has 4 rings (SSSR count). The molecule has 4 heterocycles. The monoisotopic (exact) mass is 398 g/mol. The van der Waals surface area contributed by atoms with Gasteiger partial charge < -0.3 is 0 Å². The number of halogens is 1. The van der Waals surface area contributed by atoms with E-state index in [0.717, 1.165) is 46.8 Å². The number of nitrogens with zero attached hydrogens (tertiary/aromatic N) is 4. The van der Waals surface area contributed by atoms with Gasteiger partial charge in [-0.2, -0.15) is 0 Å². The molecule has 0 amide bonds. The lowest BCUT2D eigenvalue weighted by molar-refractivity contribution is 0.242. The van der Waals surface area contributed by atoms with Crippen molar-refractivity contribution in [1.29, 1.82) is 0 Å². The number of thiophene rings is 1. The van der Waals surface area contributed by atoms with Gasteiger partial charge in [-0.25, -0.2) is 9.97 Å². The molecule has 0 spiro atoms. The van der Waals surface area contributed by atoms with Crippen molar-refractivity contribution in [3.63, 3.8) is 0 Å². The van der Waals surface area contributed by atoms with Crippen LogP contribution in [0.1, 0.15) is 43.4 Å². The lowest BCUT2D eigenvalue weighted by atomic mass is 9.95. The largest absolute Gasteiger partial charge is 0.294 e. The smallest absolute Gasteiger partial charge is 0.133 e. The van der Waals surface area contributed by atoms with Crippen molar-refractivity contribution in [3.8, 4) is 10.6 Å². The van der Waals surface area contributed by atoms with Gasteiger partial charge in [0.05, 0.1) is 14.9 Å². The molecule has 0 atom stereocenters. The van der Waals surface area contributed by atoms with Crippen LogP contribution in [0.4, 0.5) is 0 Å². The molecule has 0 radical (unpaired) electrons. The number of fused-ring (bicyclic) bond motifs is 1. The van der Waals surface area contributed by atoms with Crippen LogP contribution in [0.15, 0.2) is 36.7 Å². The molecular formula is C21H23ClN4S. The average Bonchev–Trinajstić information content (AvgIpc) is 3.07. The van der Waals surface area contributed by atoms with E-state index >= 15 is 0 Å². The Bertz CT molecular complexity index is 944. The predicted octanol–water partition coefficient (Wildman–Crippen LogP) is 5.11. The molecule has 0 unspecified atom stereocenters. The molecule has 1 aliphatic heterocycles. The number of aromatic nitrogens is 3. The van der Waals surface area contributed by atoms with Crippen molar-refractivity contribution in [3.05, 3.63) is 63.6 Å². The maximum absolute atomic E-state index is 6.02. The highest BCUT2D eigenvalue weighted by Crippen LogP contribution is 2.30. The van der Waals surface area contributed by atoms with Crippen LogP contribution in [0.2, 0.25) is 4.34 Å². The van der Waals surface area contributed by atoms with Crippen molar-refractivity contribution in [2.45, 2.75) is 45.7 Å². The Hall–Kier alpha value is -1.82. The minimum Gasteiger partial charge on any atom is -0.294 e. The molecule has 1 aliphatic rings. The lowest BCUT2D eigenvalue weighted by Gasteiger charge is -2.29. The van der Waals surface area contributed by atoms with Crippen molar-refractivity contribution < 1.29 is 0 Å². The van der Waals surface area contributed by atoms with Gasteiger partial charge in [0.15, 0.2) is 0 Å². The van der Waals surface area contributed by atoms with Crippen LogP contribution in [0.3, 0.4) is 0 Å². The normalized spacial score (nSPS) is 15.0. The van der Waals surface area contributed by atoms with Gasteiger partial charge in [-0.15, -0.1) is 11.3 Å². The minimum absolute atomic E-state index is 0.00757. The number of hydrogen-bond acceptors (Lipinski definition) is 5. The Balaban J connectivity index is 1.44. The maximum Gasteiger partial charge on any atom is 0.133 e. The molecule has 6 heteroatoms. The van der Waals surface area contributed by atoms with E-state index in [-0.39, 0.29) is 5.41 Å². The first-order valence-electron chi connectivity index (χ1n) is 9.17. The summed E-state index contributed by atoms with van der Waals surface area (Å²) in [5, 5.41) is 0. The average molecular weight is 399 g/mol. The van der Waals surface area contributed by atoms with Gasteiger partial charge in [-0.3, -0.25) is 9.88 Å². The third-order valence-electron chi connectivity index (χ3n) is 4.74. The first kappa shape index (κ1) is 18.5. The summed E-state index contributed by atoms with van der Waals surface area (Å²) in [4.78, 5) is 17.6. The molecule has 0 bridgehead atoms. The SMILES string of the molecule is CC(C)(C)c1ncc2c(n1)CCN(Cc1ccc(-c3ccc(Cl)s3)nc1)C2. The number of hydrogen-bond donors (Lipinski definition) is 0. The molecule has 0 saturated heterocycles. The summed E-state index contributed by atoms with van der Waals surface area (Å²) < 4.78 is 0.791. The fourth-order valence-corrected chi connectivity index (χ4v) is 4.26. The highest BCUT2D eigenvalue weighted by Gasteiger charge is 2.23. The second-order valence-electron chi connectivity index (χ2n) is 8.03. The molecule has 3 aromatic heterocycles. The van der Waals surface area contributed by atoms with Gasteiger partial charge >= 0.3 is 0 Å². The molecule has 0 aromatic carbocycles. The van der Waals surface area contributed by atoms with Crippen LogP contribution < -0.4 is 0 Å². The van der Waals surface area contributed by atoms with Crippen molar-refractivity contribution in [2.75, 3.05) is 6.54 Å². The fourth-order valence-electron chi connectivity index (χ4n) is 3.24. The summed E-state index contributed by atoms with van der Waals surface area (Å²) in [6.45, 7) is 9.26. The number of pyridine rings is 1. The van der Waals surface area contributed by atoms with Gasteiger partial charge in [0, 0.05) is 55.1 Å². The van der Waals surface area contributed by atoms with Crippen LogP contribution in [0, 0.1) is 0 Å². The number of rotatable bonds is 3. The highest BCUT2D eigenvalue weighted by molar-refractivity contribution is 7.19. The summed E-state index contributed by atoms with van der Waals surface area (Å²) in [7, 11) is 0. The zero-order valence-corrected chi connectivity index (χ0v) is 17.4. The quantitative estimate of drug-likeness (QED) is 0.614. The molecule has 0 saturated carbocycles. The topological polar surface area (TPSA) is 41.9 Å². The fraction of sp³-hybridized carbons (Fsp3) is 0.381. The van der Waals surface area contributed by atoms with Gasteiger partial charge in [0.2, 0.25) is 0 Å². The molecule has 140 valence electrons. The second-order valence-corrected chi connectivity index (χ2v) is 9.75. The Kier molecular flexibility index (Phi) is 5.01. The van der Waals surface area contributed by atoms with Gasteiger partial charge in [0.25, 0.3) is 0 Å². The van der Waals surface area contributed by atoms with Gasteiger partial charge in [-0.05, 0) is 23.8 Å². The Morgan fingerprint density at radius 3 is 2.63 bits per heavy atom. The lowest BCUT2D eigenvalue weighted by Crippen LogP contribution is -2.32. The Morgan fingerprint density at radius 2 is 1.96 bits per heavy atom. The Labute approximate surface area is 169 Å². The minimum atomic E-state index is -0.00757. The standard InChI is InChI=1S/C21H23ClN4S/c1-21(2,3)20-24-11-15-13-26(9-8-16(15)25-20)12-14-4-5-17(23-10-14)18-6-7-19(22)27-18/h4-7,10-11H,8-9,12-13H2,1-3H3. The van der Waals surface area contributed by atoms with E-state index in [1.807, 2.05) is 24.5 Å². The van der Waals surface area contributed by atoms with E-state index in [9.17, 15) is 0 Å². The Morgan fingerprint density at radius 1 is 1.11 bits per heavy atom. The molecule has 0 aliphatic carbocycles. The third-order valence-corrected chi connectivity index (χ3v) is 5.99. The maximum atomic E-state index is 6.02. The van der Waals surface area contributed by atoms with Crippen molar-refractivity contribution in [1.82, 2.24) is 19.9 Å². The summed E-state index contributed by atoms with van der Waals surface area (Å²) in [6, 6.07) is 8.16.